The van der Waals surface area contributed by atoms with Crippen LogP contribution in [0, 0.1) is 5.92 Å². The van der Waals surface area contributed by atoms with Crippen LogP contribution in [0.4, 0.5) is 0 Å². The Bertz CT molecular complexity index is 534. The number of hydrogen-bond donors (Lipinski definition) is 2. The molecule has 6 heteroatoms. The van der Waals surface area contributed by atoms with Crippen molar-refractivity contribution in [3.8, 4) is 0 Å². The quantitative estimate of drug-likeness (QED) is 0.855. The first kappa shape index (κ1) is 16.1. The van der Waals surface area contributed by atoms with E-state index in [1.54, 1.807) is 6.33 Å². The van der Waals surface area contributed by atoms with E-state index in [0.29, 0.717) is 18.0 Å². The van der Waals surface area contributed by atoms with Gasteiger partial charge in [0.25, 0.3) is 0 Å². The number of aromatic amines is 1. The van der Waals surface area contributed by atoms with Gasteiger partial charge in [-0.25, -0.2) is 4.98 Å². The summed E-state index contributed by atoms with van der Waals surface area (Å²) in [6.07, 6.45) is 10.7. The number of carbonyl (C=O) groups excluding carboxylic acids is 1. The van der Waals surface area contributed by atoms with Gasteiger partial charge in [0.2, 0.25) is 5.91 Å². The fourth-order valence-electron chi connectivity index (χ4n) is 4.15. The van der Waals surface area contributed by atoms with Crippen molar-refractivity contribution in [1.82, 2.24) is 25.1 Å². The third-order valence-corrected chi connectivity index (χ3v) is 5.77. The molecule has 4 rings (SSSR count). The summed E-state index contributed by atoms with van der Waals surface area (Å²) in [5, 5.41) is 3.20. The maximum atomic E-state index is 12.4. The molecule has 132 valence electrons. The first-order valence-corrected chi connectivity index (χ1v) is 9.52. The Morgan fingerprint density at radius 2 is 2.04 bits per heavy atom. The molecular formula is C18H29N5O. The van der Waals surface area contributed by atoms with E-state index >= 15 is 0 Å². The highest BCUT2D eigenvalue weighted by atomic mass is 16.2. The van der Waals surface area contributed by atoms with E-state index in [1.807, 2.05) is 6.20 Å². The van der Waals surface area contributed by atoms with Gasteiger partial charge in [-0.2, -0.15) is 0 Å². The lowest BCUT2D eigenvalue weighted by Crippen LogP contribution is -2.50. The summed E-state index contributed by atoms with van der Waals surface area (Å²) < 4.78 is 0. The molecule has 3 heterocycles. The van der Waals surface area contributed by atoms with E-state index in [2.05, 4.69) is 25.1 Å². The SMILES string of the molecule is O=C(NC1CC1)C1CCCN(C2CCN(Cc3cnc[nH]3)CC2)C1. The first-order chi connectivity index (χ1) is 11.8. The summed E-state index contributed by atoms with van der Waals surface area (Å²) in [5.41, 5.74) is 1.20. The number of carbonyl (C=O) groups is 1. The number of imidazole rings is 1. The fourth-order valence-corrected chi connectivity index (χ4v) is 4.15. The summed E-state index contributed by atoms with van der Waals surface area (Å²) in [6.45, 7) is 5.37. The predicted octanol–water partition coefficient (Wildman–Crippen LogP) is 1.36. The molecule has 1 aromatic heterocycles. The summed E-state index contributed by atoms with van der Waals surface area (Å²) in [5.74, 6) is 0.515. The van der Waals surface area contributed by atoms with Gasteiger partial charge in [-0.3, -0.25) is 14.6 Å². The lowest BCUT2D eigenvalue weighted by Gasteiger charge is -2.42. The van der Waals surface area contributed by atoms with E-state index in [9.17, 15) is 4.79 Å². The van der Waals surface area contributed by atoms with Gasteiger partial charge >= 0.3 is 0 Å². The molecule has 6 nitrogen and oxygen atoms in total. The Labute approximate surface area is 144 Å². The third kappa shape index (κ3) is 3.98. The number of hydrogen-bond acceptors (Lipinski definition) is 4. The van der Waals surface area contributed by atoms with Gasteiger partial charge in [0.05, 0.1) is 12.2 Å². The number of nitrogens with one attached hydrogen (secondary N) is 2. The molecule has 1 amide bonds. The van der Waals surface area contributed by atoms with Gasteiger partial charge in [-0.05, 0) is 45.1 Å². The van der Waals surface area contributed by atoms with Crippen LogP contribution in [0.15, 0.2) is 12.5 Å². The number of rotatable bonds is 5. The van der Waals surface area contributed by atoms with Crippen molar-refractivity contribution in [3.05, 3.63) is 18.2 Å². The minimum absolute atomic E-state index is 0.211. The normalized spacial score (nSPS) is 27.2. The maximum Gasteiger partial charge on any atom is 0.224 e. The summed E-state index contributed by atoms with van der Waals surface area (Å²) in [4.78, 5) is 24.7. The second-order valence-corrected chi connectivity index (χ2v) is 7.70. The van der Waals surface area contributed by atoms with Crippen LogP contribution in [-0.4, -0.2) is 63.9 Å². The van der Waals surface area contributed by atoms with Gasteiger partial charge in [0.1, 0.15) is 0 Å². The highest BCUT2D eigenvalue weighted by Crippen LogP contribution is 2.26. The van der Waals surface area contributed by atoms with Crippen LogP contribution in [0.5, 0.6) is 0 Å². The predicted molar refractivity (Wildman–Crippen MR) is 92.3 cm³/mol. The van der Waals surface area contributed by atoms with Gasteiger partial charge in [-0.1, -0.05) is 0 Å². The minimum Gasteiger partial charge on any atom is -0.353 e. The highest BCUT2D eigenvalue weighted by Gasteiger charge is 2.33. The first-order valence-electron chi connectivity index (χ1n) is 9.52. The zero-order valence-electron chi connectivity index (χ0n) is 14.4. The average molecular weight is 331 g/mol. The van der Waals surface area contributed by atoms with Gasteiger partial charge < -0.3 is 10.3 Å². The van der Waals surface area contributed by atoms with Crippen molar-refractivity contribution < 1.29 is 4.79 Å². The second kappa shape index (κ2) is 7.23. The van der Waals surface area contributed by atoms with E-state index in [4.69, 9.17) is 0 Å². The van der Waals surface area contributed by atoms with Gasteiger partial charge in [0, 0.05) is 50.2 Å². The van der Waals surface area contributed by atoms with E-state index in [1.165, 1.54) is 37.9 Å². The van der Waals surface area contributed by atoms with Gasteiger partial charge in [0.15, 0.2) is 0 Å². The van der Waals surface area contributed by atoms with Crippen LogP contribution >= 0.6 is 0 Å². The number of piperidine rings is 2. The number of amides is 1. The summed E-state index contributed by atoms with van der Waals surface area (Å²) >= 11 is 0. The molecule has 1 aromatic rings. The zero-order valence-corrected chi connectivity index (χ0v) is 14.4. The molecule has 0 spiro atoms. The Hall–Kier alpha value is -1.40. The lowest BCUT2D eigenvalue weighted by molar-refractivity contribution is -0.127. The van der Waals surface area contributed by atoms with E-state index < -0.39 is 0 Å². The van der Waals surface area contributed by atoms with Crippen LogP contribution in [-0.2, 0) is 11.3 Å². The molecule has 2 N–H and O–H groups in total. The van der Waals surface area contributed by atoms with Crippen molar-refractivity contribution in [2.24, 2.45) is 5.92 Å². The number of likely N-dealkylation sites (tertiary alicyclic amines) is 2. The highest BCUT2D eigenvalue weighted by molar-refractivity contribution is 5.79. The monoisotopic (exact) mass is 331 g/mol. The number of nitrogens with zero attached hydrogens (tertiary/aromatic N) is 3. The van der Waals surface area contributed by atoms with Crippen LogP contribution < -0.4 is 5.32 Å². The Morgan fingerprint density at radius 1 is 1.21 bits per heavy atom. The van der Waals surface area contributed by atoms with Crippen LogP contribution in [0.1, 0.15) is 44.2 Å². The van der Waals surface area contributed by atoms with Crippen LogP contribution in [0.25, 0.3) is 0 Å². The molecule has 1 unspecified atom stereocenters. The Balaban J connectivity index is 1.24. The molecule has 0 radical (unpaired) electrons. The largest absolute Gasteiger partial charge is 0.353 e. The van der Waals surface area contributed by atoms with E-state index in [0.717, 1.165) is 39.0 Å². The fraction of sp³-hybridized carbons (Fsp3) is 0.778. The Kier molecular flexibility index (Phi) is 4.85. The van der Waals surface area contributed by atoms with Gasteiger partial charge in [-0.15, -0.1) is 0 Å². The molecule has 1 atom stereocenters. The topological polar surface area (TPSA) is 64.3 Å². The number of H-pyrrole nitrogens is 1. The second-order valence-electron chi connectivity index (χ2n) is 7.70. The van der Waals surface area contributed by atoms with Crippen molar-refractivity contribution in [2.75, 3.05) is 26.2 Å². The standard InChI is InChI=1S/C18H29N5O/c24-18(21-15-3-4-15)14-2-1-7-23(11-14)17-5-8-22(9-6-17)12-16-10-19-13-20-16/h10,13-15,17H,1-9,11-12H2,(H,19,20)(H,21,24). The maximum absolute atomic E-state index is 12.4. The molecule has 0 bridgehead atoms. The number of aromatic nitrogens is 2. The molecule has 0 aromatic carbocycles. The molecule has 24 heavy (non-hydrogen) atoms. The molecule has 1 saturated carbocycles. The van der Waals surface area contributed by atoms with Crippen molar-refractivity contribution in [3.63, 3.8) is 0 Å². The van der Waals surface area contributed by atoms with Crippen molar-refractivity contribution >= 4 is 5.91 Å². The lowest BCUT2D eigenvalue weighted by atomic mass is 9.93. The average Bonchev–Trinajstić information content (AvgIpc) is 3.28. The molecule has 3 fully saturated rings. The summed E-state index contributed by atoms with van der Waals surface area (Å²) in [6, 6.07) is 1.14. The molecular weight excluding hydrogens is 302 g/mol. The molecule has 3 aliphatic rings. The third-order valence-electron chi connectivity index (χ3n) is 5.77. The summed E-state index contributed by atoms with van der Waals surface area (Å²) in [7, 11) is 0. The Morgan fingerprint density at radius 3 is 2.75 bits per heavy atom. The molecule has 2 aliphatic heterocycles. The zero-order chi connectivity index (χ0) is 16.4. The minimum atomic E-state index is 0.211. The van der Waals surface area contributed by atoms with Crippen molar-refractivity contribution in [2.45, 2.75) is 57.2 Å². The van der Waals surface area contributed by atoms with E-state index in [-0.39, 0.29) is 5.92 Å². The molecule has 1 aliphatic carbocycles. The van der Waals surface area contributed by atoms with Crippen LogP contribution in [0.3, 0.4) is 0 Å². The molecule has 2 saturated heterocycles. The van der Waals surface area contributed by atoms with Crippen molar-refractivity contribution in [1.29, 1.82) is 0 Å². The smallest absolute Gasteiger partial charge is 0.224 e. The van der Waals surface area contributed by atoms with Crippen LogP contribution in [0.2, 0.25) is 0 Å².